The Labute approximate surface area is 187 Å². The van der Waals surface area contributed by atoms with Gasteiger partial charge in [0.05, 0.1) is 24.3 Å². The van der Waals surface area contributed by atoms with Crippen molar-refractivity contribution in [1.82, 2.24) is 9.97 Å². The Bertz CT molecular complexity index is 1310. The van der Waals surface area contributed by atoms with Crippen molar-refractivity contribution in [2.45, 2.75) is 24.4 Å². The molecule has 4 atom stereocenters. The van der Waals surface area contributed by atoms with E-state index in [-0.39, 0.29) is 35.8 Å². The number of imidazole rings is 1. The van der Waals surface area contributed by atoms with E-state index in [1.807, 2.05) is 42.5 Å². The van der Waals surface area contributed by atoms with Crippen molar-refractivity contribution < 1.29 is 28.1 Å². The van der Waals surface area contributed by atoms with Crippen LogP contribution in [-0.4, -0.2) is 52.7 Å². The zero-order chi connectivity index (χ0) is 22.5. The van der Waals surface area contributed by atoms with Crippen molar-refractivity contribution in [2.24, 2.45) is 0 Å². The van der Waals surface area contributed by atoms with E-state index in [9.17, 15) is 9.50 Å². The lowest BCUT2D eigenvalue weighted by Crippen LogP contribution is -2.34. The van der Waals surface area contributed by atoms with Crippen LogP contribution >= 0.6 is 0 Å². The average molecular weight is 450 g/mol. The van der Waals surface area contributed by atoms with Crippen LogP contribution in [0.5, 0.6) is 6.01 Å². The van der Waals surface area contributed by atoms with Gasteiger partial charge in [-0.05, 0) is 16.7 Å². The molecular formula is C25H20F2N2O4. The number of hydrogen-bond acceptors (Lipinski definition) is 5. The van der Waals surface area contributed by atoms with Crippen LogP contribution in [0.1, 0.15) is 0 Å². The molecule has 4 aromatic rings. The molecule has 0 aliphatic carbocycles. The number of rotatable bonds is 4. The van der Waals surface area contributed by atoms with Crippen LogP contribution in [0.2, 0.25) is 0 Å². The second-order valence-corrected chi connectivity index (χ2v) is 8.25. The third-order valence-corrected chi connectivity index (χ3v) is 6.17. The predicted molar refractivity (Wildman–Crippen MR) is 117 cm³/mol. The Morgan fingerprint density at radius 1 is 0.909 bits per heavy atom. The molecule has 2 fully saturated rings. The number of halogens is 2. The van der Waals surface area contributed by atoms with Gasteiger partial charge in [-0.2, -0.15) is 4.98 Å². The summed E-state index contributed by atoms with van der Waals surface area (Å²) in [6, 6.07) is 18.1. The highest BCUT2D eigenvalue weighted by Gasteiger charge is 2.48. The second-order valence-electron chi connectivity index (χ2n) is 8.25. The Kier molecular flexibility index (Phi) is 4.86. The van der Waals surface area contributed by atoms with E-state index in [4.69, 9.17) is 14.2 Å². The maximum absolute atomic E-state index is 15.4. The highest BCUT2D eigenvalue weighted by molar-refractivity contribution is 5.84. The Hall–Kier alpha value is -3.33. The average Bonchev–Trinajstić information content (AvgIpc) is 3.52. The van der Waals surface area contributed by atoms with Gasteiger partial charge in [0.1, 0.15) is 29.6 Å². The van der Waals surface area contributed by atoms with Gasteiger partial charge >= 0.3 is 0 Å². The SMILES string of the molecule is O[C@@H]1COC2C1OC[C@@H]2Oc1nc2c(F)c(-c3ccc(-c4ccccc4)cc3)c(F)cc2[nH]1. The lowest BCUT2D eigenvalue weighted by molar-refractivity contribution is 0.00706. The van der Waals surface area contributed by atoms with E-state index < -0.39 is 36.1 Å². The third-order valence-electron chi connectivity index (χ3n) is 6.17. The summed E-state index contributed by atoms with van der Waals surface area (Å²) in [4.78, 5) is 7.03. The molecule has 6 rings (SSSR count). The van der Waals surface area contributed by atoms with Crippen LogP contribution in [0.25, 0.3) is 33.3 Å². The van der Waals surface area contributed by atoms with E-state index in [0.29, 0.717) is 5.56 Å². The van der Waals surface area contributed by atoms with E-state index in [2.05, 4.69) is 9.97 Å². The summed E-state index contributed by atoms with van der Waals surface area (Å²) >= 11 is 0. The quantitative estimate of drug-likeness (QED) is 0.490. The third kappa shape index (κ3) is 3.47. The van der Waals surface area contributed by atoms with Crippen molar-refractivity contribution in [3.8, 4) is 28.3 Å². The number of aliphatic hydroxyl groups excluding tert-OH is 1. The maximum Gasteiger partial charge on any atom is 0.295 e. The molecule has 2 aliphatic heterocycles. The summed E-state index contributed by atoms with van der Waals surface area (Å²) in [6.07, 6.45) is -2.11. The van der Waals surface area contributed by atoms with E-state index in [1.54, 1.807) is 12.1 Å². The molecule has 3 heterocycles. The molecule has 168 valence electrons. The minimum Gasteiger partial charge on any atom is -0.456 e. The number of aliphatic hydroxyl groups is 1. The standard InChI is InChI=1S/C25H20F2N2O4/c26-16-10-17-22(29-25(28-17)33-19-12-32-23-18(30)11-31-24(19)23)21(27)20(16)15-8-6-14(7-9-15)13-4-2-1-3-5-13/h1-10,18-19,23-24,30H,11-12H2,(H,28,29)/t18-,19+,23?,24?/m1/s1. The Balaban J connectivity index is 1.30. The molecule has 2 N–H and O–H groups in total. The lowest BCUT2D eigenvalue weighted by Gasteiger charge is -2.15. The van der Waals surface area contributed by atoms with Gasteiger partial charge in [-0.25, -0.2) is 8.78 Å². The zero-order valence-electron chi connectivity index (χ0n) is 17.4. The first kappa shape index (κ1) is 20.3. The van der Waals surface area contributed by atoms with E-state index in [1.165, 1.54) is 6.07 Å². The van der Waals surface area contributed by atoms with Gasteiger partial charge in [0.25, 0.3) is 6.01 Å². The summed E-state index contributed by atoms with van der Waals surface area (Å²) in [5, 5.41) is 9.86. The first-order valence-corrected chi connectivity index (χ1v) is 10.7. The number of benzene rings is 3. The summed E-state index contributed by atoms with van der Waals surface area (Å²) in [5.41, 5.74) is 2.41. The number of nitrogens with one attached hydrogen (secondary N) is 1. The molecule has 8 heteroatoms. The largest absolute Gasteiger partial charge is 0.456 e. The number of hydrogen-bond donors (Lipinski definition) is 2. The molecule has 0 spiro atoms. The van der Waals surface area contributed by atoms with Gasteiger partial charge in [-0.1, -0.05) is 54.6 Å². The zero-order valence-corrected chi connectivity index (χ0v) is 17.4. The molecule has 0 radical (unpaired) electrons. The van der Waals surface area contributed by atoms with Gasteiger partial charge in [0, 0.05) is 6.07 Å². The van der Waals surface area contributed by atoms with Crippen LogP contribution in [0.4, 0.5) is 8.78 Å². The number of H-pyrrole nitrogens is 1. The molecule has 2 unspecified atom stereocenters. The number of fused-ring (bicyclic) bond motifs is 2. The number of aromatic nitrogens is 2. The van der Waals surface area contributed by atoms with Crippen LogP contribution < -0.4 is 4.74 Å². The summed E-state index contributed by atoms with van der Waals surface area (Å²) in [7, 11) is 0. The molecule has 0 amide bonds. The van der Waals surface area contributed by atoms with Gasteiger partial charge in [0.2, 0.25) is 0 Å². The van der Waals surface area contributed by atoms with Crippen molar-refractivity contribution in [3.63, 3.8) is 0 Å². The fourth-order valence-corrected chi connectivity index (χ4v) is 4.53. The molecule has 3 aromatic carbocycles. The number of aromatic amines is 1. The molecule has 6 nitrogen and oxygen atoms in total. The van der Waals surface area contributed by atoms with Gasteiger partial charge in [-0.3, -0.25) is 0 Å². The minimum absolute atomic E-state index is 0.0172. The van der Waals surface area contributed by atoms with Crippen LogP contribution in [0, 0.1) is 11.6 Å². The maximum atomic E-state index is 15.4. The molecule has 0 bridgehead atoms. The van der Waals surface area contributed by atoms with Gasteiger partial charge < -0.3 is 24.3 Å². The predicted octanol–water partition coefficient (Wildman–Crippen LogP) is 4.08. The Morgan fingerprint density at radius 2 is 1.61 bits per heavy atom. The number of ether oxygens (including phenoxy) is 3. The van der Waals surface area contributed by atoms with Crippen molar-refractivity contribution in [3.05, 3.63) is 72.3 Å². The van der Waals surface area contributed by atoms with E-state index >= 15 is 4.39 Å². The molecule has 1 aromatic heterocycles. The smallest absolute Gasteiger partial charge is 0.295 e. The number of nitrogens with zero attached hydrogens (tertiary/aromatic N) is 1. The lowest BCUT2D eigenvalue weighted by atomic mass is 9.99. The summed E-state index contributed by atoms with van der Waals surface area (Å²) in [5.74, 6) is -1.47. The monoisotopic (exact) mass is 450 g/mol. The molecular weight excluding hydrogens is 430 g/mol. The van der Waals surface area contributed by atoms with Crippen LogP contribution in [0.15, 0.2) is 60.7 Å². The van der Waals surface area contributed by atoms with Crippen LogP contribution in [0.3, 0.4) is 0 Å². The fraction of sp³-hybridized carbons (Fsp3) is 0.240. The highest BCUT2D eigenvalue weighted by Crippen LogP contribution is 2.34. The van der Waals surface area contributed by atoms with Crippen LogP contribution in [-0.2, 0) is 9.47 Å². The first-order valence-electron chi connectivity index (χ1n) is 10.7. The first-order chi connectivity index (χ1) is 16.1. The minimum atomic E-state index is -0.767. The highest BCUT2D eigenvalue weighted by atomic mass is 19.1. The molecule has 33 heavy (non-hydrogen) atoms. The second kappa shape index (κ2) is 7.91. The normalized spacial score (nSPS) is 24.3. The molecule has 2 aliphatic rings. The summed E-state index contributed by atoms with van der Waals surface area (Å²) in [6.45, 7) is 0.376. The van der Waals surface area contributed by atoms with Gasteiger partial charge in [0.15, 0.2) is 11.9 Å². The Morgan fingerprint density at radius 3 is 2.39 bits per heavy atom. The summed E-state index contributed by atoms with van der Waals surface area (Å²) < 4.78 is 47.2. The fourth-order valence-electron chi connectivity index (χ4n) is 4.53. The molecule has 0 saturated carbocycles. The van der Waals surface area contributed by atoms with E-state index in [0.717, 1.165) is 11.1 Å². The topological polar surface area (TPSA) is 76.6 Å². The molecule has 2 saturated heterocycles. The van der Waals surface area contributed by atoms with Gasteiger partial charge in [-0.15, -0.1) is 0 Å². The van der Waals surface area contributed by atoms with Crippen molar-refractivity contribution >= 4 is 11.0 Å². The van der Waals surface area contributed by atoms with Crippen molar-refractivity contribution in [2.75, 3.05) is 13.2 Å². The van der Waals surface area contributed by atoms with Crippen molar-refractivity contribution in [1.29, 1.82) is 0 Å².